The summed E-state index contributed by atoms with van der Waals surface area (Å²) in [5.41, 5.74) is 1.49. The maximum atomic E-state index is 12.0. The third-order valence-corrected chi connectivity index (χ3v) is 4.19. The van der Waals surface area contributed by atoms with Crippen LogP contribution in [-0.4, -0.2) is 19.7 Å². The van der Waals surface area contributed by atoms with Gasteiger partial charge in [-0.3, -0.25) is 0 Å². The van der Waals surface area contributed by atoms with Crippen molar-refractivity contribution in [3.05, 3.63) is 59.7 Å². The Morgan fingerprint density at radius 1 is 1.14 bits per heavy atom. The molecule has 0 aliphatic heterocycles. The number of benzene rings is 2. The lowest BCUT2D eigenvalue weighted by Crippen LogP contribution is -2.18. The van der Waals surface area contributed by atoms with Crippen molar-refractivity contribution in [3.63, 3.8) is 0 Å². The number of phenols is 1. The van der Waals surface area contributed by atoms with Gasteiger partial charge in [0.15, 0.2) is 0 Å². The zero-order chi connectivity index (χ0) is 15.3. The molecule has 2 rings (SSSR count). The predicted molar refractivity (Wildman–Crippen MR) is 81.8 cm³/mol. The third kappa shape index (κ3) is 3.82. The van der Waals surface area contributed by atoms with E-state index in [-0.39, 0.29) is 10.6 Å². The number of aryl methyl sites for hydroxylation is 1. The maximum Gasteiger partial charge on any atom is 0.276 e. The van der Waals surface area contributed by atoms with Gasteiger partial charge in [-0.05, 0) is 36.2 Å². The normalized spacial score (nSPS) is 11.7. The highest BCUT2D eigenvalue weighted by molar-refractivity contribution is 7.89. The first-order chi connectivity index (χ1) is 10.0. The summed E-state index contributed by atoms with van der Waals surface area (Å²) in [5.74, 6) is 0.0350. The molecule has 0 fully saturated rings. The van der Waals surface area contributed by atoms with Gasteiger partial charge in [0.1, 0.15) is 5.75 Å². The number of hydrazone groups is 1. The average molecular weight is 304 g/mol. The van der Waals surface area contributed by atoms with E-state index < -0.39 is 10.0 Å². The Balaban J connectivity index is 2.12. The minimum atomic E-state index is -3.70. The average Bonchev–Trinajstić information content (AvgIpc) is 2.49. The van der Waals surface area contributed by atoms with Gasteiger partial charge in [-0.1, -0.05) is 31.2 Å². The molecule has 21 heavy (non-hydrogen) atoms. The van der Waals surface area contributed by atoms with Crippen molar-refractivity contribution in [2.75, 3.05) is 0 Å². The Morgan fingerprint density at radius 3 is 2.43 bits per heavy atom. The predicted octanol–water partition coefficient (Wildman–Crippen LogP) is 2.27. The number of hydrogen-bond acceptors (Lipinski definition) is 4. The van der Waals surface area contributed by atoms with E-state index in [1.165, 1.54) is 24.4 Å². The van der Waals surface area contributed by atoms with Crippen LogP contribution in [0.25, 0.3) is 0 Å². The molecular weight excluding hydrogens is 288 g/mol. The van der Waals surface area contributed by atoms with Crippen LogP contribution in [0.5, 0.6) is 5.75 Å². The highest BCUT2D eigenvalue weighted by Gasteiger charge is 2.12. The Hall–Kier alpha value is -2.34. The van der Waals surface area contributed by atoms with Crippen LogP contribution in [0.4, 0.5) is 0 Å². The standard InChI is InChI=1S/C15H16N2O3S/c1-2-12-7-9-14(10-8-12)21(19,20)17-16-11-13-5-3-4-6-15(13)18/h3-11,17-18H,2H2,1H3/b16-11+. The van der Waals surface area contributed by atoms with E-state index >= 15 is 0 Å². The molecule has 0 saturated heterocycles. The molecule has 110 valence electrons. The first-order valence-electron chi connectivity index (χ1n) is 6.45. The Labute approximate surface area is 124 Å². The van der Waals surface area contributed by atoms with E-state index in [0.717, 1.165) is 12.0 Å². The monoisotopic (exact) mass is 304 g/mol. The zero-order valence-electron chi connectivity index (χ0n) is 11.5. The van der Waals surface area contributed by atoms with E-state index in [1.54, 1.807) is 30.3 Å². The fourth-order valence-electron chi connectivity index (χ4n) is 1.72. The van der Waals surface area contributed by atoms with Crippen LogP contribution in [0.2, 0.25) is 0 Å². The molecule has 0 atom stereocenters. The number of nitrogens with zero attached hydrogens (tertiary/aromatic N) is 1. The van der Waals surface area contributed by atoms with Gasteiger partial charge in [0.05, 0.1) is 11.1 Å². The molecule has 0 radical (unpaired) electrons. The van der Waals surface area contributed by atoms with E-state index in [4.69, 9.17) is 0 Å². The van der Waals surface area contributed by atoms with Gasteiger partial charge in [-0.2, -0.15) is 13.5 Å². The van der Waals surface area contributed by atoms with Gasteiger partial charge in [-0.25, -0.2) is 4.83 Å². The highest BCUT2D eigenvalue weighted by atomic mass is 32.2. The topological polar surface area (TPSA) is 78.8 Å². The first-order valence-corrected chi connectivity index (χ1v) is 7.93. The van der Waals surface area contributed by atoms with Crippen LogP contribution < -0.4 is 4.83 Å². The molecule has 0 aliphatic rings. The fraction of sp³-hybridized carbons (Fsp3) is 0.133. The van der Waals surface area contributed by atoms with Crippen LogP contribution in [0.15, 0.2) is 58.5 Å². The lowest BCUT2D eigenvalue weighted by atomic mass is 10.2. The minimum Gasteiger partial charge on any atom is -0.507 e. The molecule has 5 nitrogen and oxygen atoms in total. The van der Waals surface area contributed by atoms with E-state index in [9.17, 15) is 13.5 Å². The second-order valence-electron chi connectivity index (χ2n) is 4.41. The van der Waals surface area contributed by atoms with Crippen molar-refractivity contribution < 1.29 is 13.5 Å². The van der Waals surface area contributed by atoms with Crippen LogP contribution in [0, 0.1) is 0 Å². The SMILES string of the molecule is CCc1ccc(S(=O)(=O)N/N=C/c2ccccc2O)cc1. The molecule has 0 heterocycles. The molecule has 0 unspecified atom stereocenters. The van der Waals surface area contributed by atoms with E-state index in [0.29, 0.717) is 5.56 Å². The summed E-state index contributed by atoms with van der Waals surface area (Å²) in [7, 11) is -3.70. The lowest BCUT2D eigenvalue weighted by Gasteiger charge is -2.04. The number of hydrogen-bond donors (Lipinski definition) is 2. The number of sulfonamides is 1. The van der Waals surface area contributed by atoms with Gasteiger partial charge >= 0.3 is 0 Å². The third-order valence-electron chi connectivity index (χ3n) is 2.96. The molecule has 0 aliphatic carbocycles. The Bertz CT molecular complexity index is 738. The summed E-state index contributed by atoms with van der Waals surface area (Å²) in [6, 6.07) is 13.1. The summed E-state index contributed by atoms with van der Waals surface area (Å²) in [6.07, 6.45) is 2.10. The second-order valence-corrected chi connectivity index (χ2v) is 6.07. The van der Waals surface area contributed by atoms with Crippen molar-refractivity contribution in [1.82, 2.24) is 4.83 Å². The molecule has 0 saturated carbocycles. The Kier molecular flexibility index (Phi) is 4.59. The number of phenolic OH excluding ortho intramolecular Hbond substituents is 1. The van der Waals surface area contributed by atoms with Crippen molar-refractivity contribution in [3.8, 4) is 5.75 Å². The molecule has 0 spiro atoms. The molecule has 2 aromatic carbocycles. The molecule has 2 aromatic rings. The molecule has 6 heteroatoms. The van der Waals surface area contributed by atoms with Crippen molar-refractivity contribution in [2.24, 2.45) is 5.10 Å². The van der Waals surface area contributed by atoms with Gasteiger partial charge < -0.3 is 5.11 Å². The number of rotatable bonds is 5. The first kappa shape index (κ1) is 15.1. The largest absolute Gasteiger partial charge is 0.507 e. The van der Waals surface area contributed by atoms with E-state index in [2.05, 4.69) is 9.93 Å². The summed E-state index contributed by atoms with van der Waals surface area (Å²) >= 11 is 0. The second kappa shape index (κ2) is 6.41. The van der Waals surface area contributed by atoms with Crippen molar-refractivity contribution in [1.29, 1.82) is 0 Å². The van der Waals surface area contributed by atoms with Crippen LogP contribution >= 0.6 is 0 Å². The van der Waals surface area contributed by atoms with Crippen molar-refractivity contribution in [2.45, 2.75) is 18.2 Å². The minimum absolute atomic E-state index is 0.0350. The summed E-state index contributed by atoms with van der Waals surface area (Å²) in [6.45, 7) is 2.00. The van der Waals surface area contributed by atoms with Gasteiger partial charge in [0.2, 0.25) is 0 Å². The lowest BCUT2D eigenvalue weighted by molar-refractivity contribution is 0.474. The van der Waals surface area contributed by atoms with Gasteiger partial charge in [0.25, 0.3) is 10.0 Å². The van der Waals surface area contributed by atoms with Crippen LogP contribution in [0.3, 0.4) is 0 Å². The summed E-state index contributed by atoms with van der Waals surface area (Å²) in [5, 5.41) is 13.2. The van der Waals surface area contributed by atoms with Crippen LogP contribution in [-0.2, 0) is 16.4 Å². The molecule has 0 aromatic heterocycles. The maximum absolute atomic E-state index is 12.0. The number of para-hydroxylation sites is 1. The number of aromatic hydroxyl groups is 1. The van der Waals surface area contributed by atoms with Crippen molar-refractivity contribution >= 4 is 16.2 Å². The Morgan fingerprint density at radius 2 is 1.81 bits per heavy atom. The molecule has 0 bridgehead atoms. The molecule has 0 amide bonds. The fourth-order valence-corrected chi connectivity index (χ4v) is 2.51. The van der Waals surface area contributed by atoms with Gasteiger partial charge in [-0.15, -0.1) is 0 Å². The van der Waals surface area contributed by atoms with Crippen LogP contribution in [0.1, 0.15) is 18.1 Å². The zero-order valence-corrected chi connectivity index (χ0v) is 12.3. The van der Waals surface area contributed by atoms with Gasteiger partial charge in [0, 0.05) is 5.56 Å². The highest BCUT2D eigenvalue weighted by Crippen LogP contribution is 2.13. The summed E-state index contributed by atoms with van der Waals surface area (Å²) in [4.78, 5) is 2.27. The smallest absolute Gasteiger partial charge is 0.276 e. The summed E-state index contributed by atoms with van der Waals surface area (Å²) < 4.78 is 24.0. The quantitative estimate of drug-likeness (QED) is 0.657. The van der Waals surface area contributed by atoms with E-state index in [1.807, 2.05) is 6.92 Å². The number of nitrogens with one attached hydrogen (secondary N) is 1. The molecular formula is C15H16N2O3S. The molecule has 2 N–H and O–H groups in total.